The number of hydrogen-bond acceptors (Lipinski definition) is 3. The van der Waals surface area contributed by atoms with Crippen LogP contribution < -0.4 is 0 Å². The van der Waals surface area contributed by atoms with E-state index in [4.69, 9.17) is 16.6 Å². The summed E-state index contributed by atoms with van der Waals surface area (Å²) >= 11 is 8.38. The molecule has 0 N–H and O–H groups in total. The quantitative estimate of drug-likeness (QED) is 0.797. The molecule has 1 aliphatic heterocycles. The summed E-state index contributed by atoms with van der Waals surface area (Å²) < 4.78 is 4.29. The summed E-state index contributed by atoms with van der Waals surface area (Å²) in [6.07, 6.45) is 2.38. The highest BCUT2D eigenvalue weighted by Gasteiger charge is 2.26. The largest absolute Gasteiger partial charge is 0.308 e. The number of imidazole rings is 1. The number of thioether (sulfide) groups is 1. The Morgan fingerprint density at radius 3 is 2.68 bits per heavy atom. The molecule has 0 spiro atoms. The van der Waals surface area contributed by atoms with Gasteiger partial charge in [0.25, 0.3) is 0 Å². The van der Waals surface area contributed by atoms with Crippen molar-refractivity contribution in [2.45, 2.75) is 38.1 Å². The Balaban J connectivity index is 2.20. The Labute approximate surface area is 122 Å². The normalized spacial score (nSPS) is 19.2. The lowest BCUT2D eigenvalue weighted by Gasteiger charge is -2.25. The topological polar surface area (TPSA) is 35.6 Å². The van der Waals surface area contributed by atoms with Gasteiger partial charge in [-0.25, -0.2) is 4.98 Å². The number of hydrogen-bond donors (Lipinski definition) is 0. The van der Waals surface area contributed by atoms with Gasteiger partial charge in [0.2, 0.25) is 0 Å². The van der Waals surface area contributed by atoms with Crippen LogP contribution in [-0.4, -0.2) is 30.8 Å². The SMILES string of the molecule is Cc1nn(C)c2c1nc(C(C)Cl)n2C1CCSCC1. The Kier molecular flexibility index (Phi) is 3.52. The number of halogens is 1. The molecular formula is C13H19ClN4S. The van der Waals surface area contributed by atoms with Gasteiger partial charge in [-0.3, -0.25) is 4.68 Å². The Bertz CT molecular complexity index is 595. The summed E-state index contributed by atoms with van der Waals surface area (Å²) in [6.45, 7) is 4.01. The fourth-order valence-electron chi connectivity index (χ4n) is 2.90. The molecule has 0 aromatic carbocycles. The van der Waals surface area contributed by atoms with Gasteiger partial charge in [-0.15, -0.1) is 11.6 Å². The van der Waals surface area contributed by atoms with Gasteiger partial charge in [0, 0.05) is 13.1 Å². The van der Waals surface area contributed by atoms with E-state index in [1.807, 2.05) is 37.3 Å². The molecule has 2 aromatic heterocycles. The van der Waals surface area contributed by atoms with Crippen molar-refractivity contribution in [2.24, 2.45) is 7.05 Å². The molecule has 1 fully saturated rings. The smallest absolute Gasteiger partial charge is 0.158 e. The van der Waals surface area contributed by atoms with Crippen LogP contribution in [-0.2, 0) is 7.05 Å². The van der Waals surface area contributed by atoms with Gasteiger partial charge in [-0.1, -0.05) is 0 Å². The third kappa shape index (κ3) is 2.17. The molecule has 4 nitrogen and oxygen atoms in total. The van der Waals surface area contributed by atoms with E-state index in [0.29, 0.717) is 6.04 Å². The number of fused-ring (bicyclic) bond motifs is 1. The lowest BCUT2D eigenvalue weighted by atomic mass is 10.1. The molecule has 1 aliphatic rings. The molecular weight excluding hydrogens is 280 g/mol. The minimum Gasteiger partial charge on any atom is -0.308 e. The van der Waals surface area contributed by atoms with E-state index in [-0.39, 0.29) is 5.38 Å². The zero-order chi connectivity index (χ0) is 13.6. The van der Waals surface area contributed by atoms with E-state index in [2.05, 4.69) is 9.67 Å². The van der Waals surface area contributed by atoms with E-state index in [9.17, 15) is 0 Å². The summed E-state index contributed by atoms with van der Waals surface area (Å²) in [5.74, 6) is 3.43. The molecule has 2 aromatic rings. The molecule has 1 saturated heterocycles. The van der Waals surface area contributed by atoms with Crippen LogP contribution in [0.25, 0.3) is 11.2 Å². The maximum Gasteiger partial charge on any atom is 0.158 e. The van der Waals surface area contributed by atoms with Crippen molar-refractivity contribution in [3.05, 3.63) is 11.5 Å². The fraction of sp³-hybridized carbons (Fsp3) is 0.692. The Hall–Kier alpha value is -0.680. The Morgan fingerprint density at radius 2 is 2.05 bits per heavy atom. The number of nitrogens with zero attached hydrogens (tertiary/aromatic N) is 4. The van der Waals surface area contributed by atoms with Crippen LogP contribution in [0.1, 0.15) is 42.7 Å². The van der Waals surface area contributed by atoms with Gasteiger partial charge in [0.1, 0.15) is 11.3 Å². The van der Waals surface area contributed by atoms with Crippen molar-refractivity contribution >= 4 is 34.5 Å². The van der Waals surface area contributed by atoms with Crippen LogP contribution in [0.5, 0.6) is 0 Å². The molecule has 0 radical (unpaired) electrons. The molecule has 3 heterocycles. The van der Waals surface area contributed by atoms with Gasteiger partial charge in [-0.2, -0.15) is 16.9 Å². The second kappa shape index (κ2) is 5.02. The summed E-state index contributed by atoms with van der Waals surface area (Å²) in [5.41, 5.74) is 3.11. The van der Waals surface area contributed by atoms with Crippen LogP contribution >= 0.6 is 23.4 Å². The lowest BCUT2D eigenvalue weighted by Crippen LogP contribution is -2.19. The fourth-order valence-corrected chi connectivity index (χ4v) is 4.13. The number of aromatic nitrogens is 4. The zero-order valence-electron chi connectivity index (χ0n) is 11.6. The predicted octanol–water partition coefficient (Wildman–Crippen LogP) is 3.45. The molecule has 0 aliphatic carbocycles. The van der Waals surface area contributed by atoms with E-state index >= 15 is 0 Å². The third-order valence-electron chi connectivity index (χ3n) is 3.77. The van der Waals surface area contributed by atoms with Crippen molar-refractivity contribution in [1.82, 2.24) is 19.3 Å². The van der Waals surface area contributed by atoms with Gasteiger partial charge >= 0.3 is 0 Å². The Morgan fingerprint density at radius 1 is 1.37 bits per heavy atom. The highest BCUT2D eigenvalue weighted by molar-refractivity contribution is 7.99. The minimum absolute atomic E-state index is 0.0682. The van der Waals surface area contributed by atoms with Crippen LogP contribution in [0, 0.1) is 6.92 Å². The molecule has 0 saturated carbocycles. The first kappa shape index (κ1) is 13.3. The standard InChI is InChI=1S/C13H19ClN4S/c1-8(14)12-15-11-9(2)16-17(3)13(11)18(12)10-4-6-19-7-5-10/h8,10H,4-7H2,1-3H3. The third-order valence-corrected chi connectivity index (χ3v) is 5.02. The molecule has 0 bridgehead atoms. The molecule has 104 valence electrons. The molecule has 0 amide bonds. The summed E-state index contributed by atoms with van der Waals surface area (Å²) in [7, 11) is 1.99. The molecule has 19 heavy (non-hydrogen) atoms. The van der Waals surface area contributed by atoms with E-state index in [0.717, 1.165) is 22.7 Å². The predicted molar refractivity (Wildman–Crippen MR) is 81.1 cm³/mol. The van der Waals surface area contributed by atoms with Crippen LogP contribution in [0.2, 0.25) is 0 Å². The average molecular weight is 299 g/mol. The molecule has 6 heteroatoms. The van der Waals surface area contributed by atoms with E-state index in [1.54, 1.807) is 0 Å². The maximum absolute atomic E-state index is 6.34. The summed E-state index contributed by atoms with van der Waals surface area (Å²) in [6, 6.07) is 0.511. The lowest BCUT2D eigenvalue weighted by molar-refractivity contribution is 0.456. The molecule has 1 unspecified atom stereocenters. The maximum atomic E-state index is 6.34. The van der Waals surface area contributed by atoms with Gasteiger partial charge in [0.15, 0.2) is 5.65 Å². The first-order valence-corrected chi connectivity index (χ1v) is 8.32. The second-order valence-corrected chi connectivity index (χ2v) is 7.06. The van der Waals surface area contributed by atoms with Crippen molar-refractivity contribution in [3.8, 4) is 0 Å². The van der Waals surface area contributed by atoms with Crippen LogP contribution in [0.4, 0.5) is 0 Å². The van der Waals surface area contributed by atoms with Crippen molar-refractivity contribution in [1.29, 1.82) is 0 Å². The second-order valence-electron chi connectivity index (χ2n) is 5.18. The van der Waals surface area contributed by atoms with E-state index < -0.39 is 0 Å². The molecule has 3 rings (SSSR count). The monoisotopic (exact) mass is 298 g/mol. The number of alkyl halides is 1. The van der Waals surface area contributed by atoms with E-state index in [1.165, 1.54) is 24.3 Å². The summed E-state index contributed by atoms with van der Waals surface area (Å²) in [4.78, 5) is 4.75. The van der Waals surface area contributed by atoms with Gasteiger partial charge in [0.05, 0.1) is 11.1 Å². The number of rotatable bonds is 2. The first-order chi connectivity index (χ1) is 9.09. The van der Waals surface area contributed by atoms with Crippen LogP contribution in [0.3, 0.4) is 0 Å². The minimum atomic E-state index is -0.0682. The van der Waals surface area contributed by atoms with Crippen molar-refractivity contribution in [2.75, 3.05) is 11.5 Å². The van der Waals surface area contributed by atoms with Gasteiger partial charge in [-0.05, 0) is 38.2 Å². The van der Waals surface area contributed by atoms with Crippen LogP contribution in [0.15, 0.2) is 0 Å². The summed E-state index contributed by atoms with van der Waals surface area (Å²) in [5, 5.41) is 4.42. The van der Waals surface area contributed by atoms with Crippen molar-refractivity contribution in [3.63, 3.8) is 0 Å². The zero-order valence-corrected chi connectivity index (χ0v) is 13.1. The van der Waals surface area contributed by atoms with Gasteiger partial charge < -0.3 is 4.57 Å². The average Bonchev–Trinajstić information content (AvgIpc) is 2.90. The van der Waals surface area contributed by atoms with Crippen molar-refractivity contribution < 1.29 is 0 Å². The first-order valence-electron chi connectivity index (χ1n) is 6.73. The number of aryl methyl sites for hydroxylation is 2. The highest BCUT2D eigenvalue weighted by Crippen LogP contribution is 2.35. The highest BCUT2D eigenvalue weighted by atomic mass is 35.5. The molecule has 1 atom stereocenters.